The minimum Gasteiger partial charge on any atom is -0.481 e. The number of unbranched alkanes of at least 4 members (excludes halogenated alkanes) is 1. The van der Waals surface area contributed by atoms with Crippen LogP contribution in [0.15, 0.2) is 60.7 Å². The Morgan fingerprint density at radius 3 is 1.70 bits per heavy atom. The van der Waals surface area contributed by atoms with E-state index >= 15 is 0 Å². The van der Waals surface area contributed by atoms with Crippen molar-refractivity contribution in [1.82, 2.24) is 15.3 Å². The molecule has 3 N–H and O–H groups in total. The van der Waals surface area contributed by atoms with E-state index in [0.29, 0.717) is 24.8 Å². The number of aliphatic hydroxyl groups excluding tert-OH is 2. The summed E-state index contributed by atoms with van der Waals surface area (Å²) in [5.41, 5.74) is 10.4. The first kappa shape index (κ1) is 29.2. The summed E-state index contributed by atoms with van der Waals surface area (Å²) in [5.74, 6) is 1.21. The van der Waals surface area contributed by atoms with Gasteiger partial charge in [-0.3, -0.25) is 0 Å². The zero-order valence-corrected chi connectivity index (χ0v) is 23.8. The summed E-state index contributed by atoms with van der Waals surface area (Å²) in [5, 5.41) is 21.4. The number of nitrogens with one attached hydrogen (secondary N) is 1. The smallest absolute Gasteiger partial charge is 0.218 e. The van der Waals surface area contributed by atoms with Gasteiger partial charge in [0.2, 0.25) is 11.8 Å². The average Bonchev–Trinajstić information content (AvgIpc) is 2.98. The Labute approximate surface area is 236 Å². The summed E-state index contributed by atoms with van der Waals surface area (Å²) in [6.07, 6.45) is 2.47. The van der Waals surface area contributed by atoms with Gasteiger partial charge in [-0.05, 0) is 67.5 Å². The molecule has 4 aromatic rings. The molecule has 0 bridgehead atoms. The van der Waals surface area contributed by atoms with E-state index in [-0.39, 0.29) is 13.2 Å². The van der Waals surface area contributed by atoms with Crippen molar-refractivity contribution in [2.24, 2.45) is 0 Å². The first-order chi connectivity index (χ1) is 19.5. The Balaban J connectivity index is 1.69. The second-order valence-electron chi connectivity index (χ2n) is 9.77. The predicted molar refractivity (Wildman–Crippen MR) is 160 cm³/mol. The summed E-state index contributed by atoms with van der Waals surface area (Å²) in [6, 6.07) is 20.8. The van der Waals surface area contributed by atoms with Gasteiger partial charge in [0.25, 0.3) is 0 Å². The number of methoxy groups -OCH3 is 2. The molecule has 7 heteroatoms. The maximum Gasteiger partial charge on any atom is 0.218 e. The van der Waals surface area contributed by atoms with E-state index in [0.717, 1.165) is 75.2 Å². The number of aromatic nitrogens is 2. The monoisotopic (exact) mass is 541 g/mol. The van der Waals surface area contributed by atoms with E-state index in [1.54, 1.807) is 14.2 Å². The zero-order valence-electron chi connectivity index (χ0n) is 23.8. The summed E-state index contributed by atoms with van der Waals surface area (Å²) in [6.45, 7) is 5.63. The third-order valence-corrected chi connectivity index (χ3v) is 7.23. The molecule has 0 atom stereocenters. The van der Waals surface area contributed by atoms with E-state index in [2.05, 4.69) is 67.7 Å². The highest BCUT2D eigenvalue weighted by Gasteiger charge is 2.16. The normalized spacial score (nSPS) is 11.1. The first-order valence-electron chi connectivity index (χ1n) is 13.7. The van der Waals surface area contributed by atoms with Gasteiger partial charge >= 0.3 is 0 Å². The molecule has 4 rings (SSSR count). The van der Waals surface area contributed by atoms with Crippen LogP contribution in [-0.2, 0) is 13.0 Å². The molecule has 2 heterocycles. The fourth-order valence-corrected chi connectivity index (χ4v) is 5.06. The van der Waals surface area contributed by atoms with Crippen molar-refractivity contribution in [3.05, 3.63) is 82.9 Å². The Morgan fingerprint density at radius 1 is 0.650 bits per heavy atom. The topological polar surface area (TPSA) is 96.7 Å². The molecule has 2 aromatic heterocycles. The van der Waals surface area contributed by atoms with E-state index in [1.807, 2.05) is 12.1 Å². The Morgan fingerprint density at radius 2 is 1.18 bits per heavy atom. The fraction of sp³-hybridized carbons (Fsp3) is 0.333. The van der Waals surface area contributed by atoms with Crippen LogP contribution in [0.1, 0.15) is 35.1 Å². The van der Waals surface area contributed by atoms with Crippen molar-refractivity contribution in [3.63, 3.8) is 0 Å². The number of ether oxygens (including phenoxy) is 2. The van der Waals surface area contributed by atoms with Crippen molar-refractivity contribution in [2.45, 2.75) is 39.7 Å². The zero-order chi connectivity index (χ0) is 28.5. The molecular weight excluding hydrogens is 502 g/mol. The summed E-state index contributed by atoms with van der Waals surface area (Å²) in [4.78, 5) is 9.66. The SMILES string of the molecule is COc1nc(-c2cccc(-c3cccc(-c4ccc(CNCCO)c(OC)n4)c3C)c2C)ccc1CCCCO. The quantitative estimate of drug-likeness (QED) is 0.192. The number of pyridine rings is 2. The molecule has 0 aliphatic heterocycles. The lowest BCUT2D eigenvalue weighted by Crippen LogP contribution is -2.18. The molecule has 0 radical (unpaired) electrons. The second kappa shape index (κ2) is 14.0. The number of benzene rings is 2. The number of rotatable bonds is 13. The lowest BCUT2D eigenvalue weighted by molar-refractivity contribution is 0.284. The van der Waals surface area contributed by atoms with Crippen molar-refractivity contribution < 1.29 is 19.7 Å². The van der Waals surface area contributed by atoms with E-state index in [4.69, 9.17) is 29.7 Å². The van der Waals surface area contributed by atoms with Gasteiger partial charge in [0.15, 0.2) is 0 Å². The Bertz CT molecular complexity index is 1330. The maximum absolute atomic E-state index is 9.12. The van der Waals surface area contributed by atoms with Gasteiger partial charge in [-0.25, -0.2) is 9.97 Å². The van der Waals surface area contributed by atoms with Gasteiger partial charge < -0.3 is 25.0 Å². The number of aryl methyl sites for hydroxylation is 1. The van der Waals surface area contributed by atoms with Crippen LogP contribution in [0.4, 0.5) is 0 Å². The lowest BCUT2D eigenvalue weighted by Gasteiger charge is -2.17. The summed E-state index contributed by atoms with van der Waals surface area (Å²) in [7, 11) is 3.28. The van der Waals surface area contributed by atoms with Gasteiger partial charge in [-0.1, -0.05) is 48.5 Å². The summed E-state index contributed by atoms with van der Waals surface area (Å²) >= 11 is 0. The van der Waals surface area contributed by atoms with Gasteiger partial charge in [-0.2, -0.15) is 0 Å². The molecule has 0 aliphatic rings. The van der Waals surface area contributed by atoms with Crippen molar-refractivity contribution in [2.75, 3.05) is 34.0 Å². The fourth-order valence-electron chi connectivity index (χ4n) is 5.06. The molecule has 0 fully saturated rings. The molecule has 2 aromatic carbocycles. The molecule has 7 nitrogen and oxygen atoms in total. The van der Waals surface area contributed by atoms with Crippen LogP contribution in [0, 0.1) is 13.8 Å². The van der Waals surface area contributed by atoms with Crippen LogP contribution in [0.3, 0.4) is 0 Å². The Hall–Kier alpha value is -3.78. The molecule has 0 unspecified atom stereocenters. The summed E-state index contributed by atoms with van der Waals surface area (Å²) < 4.78 is 11.2. The molecule has 0 saturated heterocycles. The largest absolute Gasteiger partial charge is 0.481 e. The molecule has 0 amide bonds. The average molecular weight is 542 g/mol. The minimum atomic E-state index is 0.0841. The molecule has 40 heavy (non-hydrogen) atoms. The number of hydrogen-bond acceptors (Lipinski definition) is 7. The van der Waals surface area contributed by atoms with Crippen LogP contribution in [0.2, 0.25) is 0 Å². The van der Waals surface area contributed by atoms with E-state index in [9.17, 15) is 0 Å². The number of aliphatic hydroxyl groups is 2. The minimum absolute atomic E-state index is 0.0841. The van der Waals surface area contributed by atoms with Crippen molar-refractivity contribution in [3.8, 4) is 45.4 Å². The highest BCUT2D eigenvalue weighted by molar-refractivity contribution is 5.82. The van der Waals surface area contributed by atoms with Crippen LogP contribution in [-0.4, -0.2) is 54.2 Å². The van der Waals surface area contributed by atoms with E-state index in [1.165, 1.54) is 0 Å². The Kier molecular flexibility index (Phi) is 10.2. The number of nitrogens with zero attached hydrogens (tertiary/aromatic N) is 2. The third-order valence-electron chi connectivity index (χ3n) is 7.23. The first-order valence-corrected chi connectivity index (χ1v) is 13.7. The van der Waals surface area contributed by atoms with Crippen LogP contribution in [0.5, 0.6) is 11.8 Å². The van der Waals surface area contributed by atoms with Crippen LogP contribution >= 0.6 is 0 Å². The maximum atomic E-state index is 9.12. The predicted octanol–water partition coefficient (Wildman–Crippen LogP) is 5.51. The third kappa shape index (κ3) is 6.50. The number of hydrogen-bond donors (Lipinski definition) is 3. The molecular formula is C33H39N3O4. The lowest BCUT2D eigenvalue weighted by atomic mass is 9.89. The standard InChI is InChI=1S/C33H39N3O4/c1-22-26(10-7-12-28(22)30-16-14-24(9-5-6-19-37)32(35-30)39-3)27-11-8-13-29(23(27)2)31-17-15-25(21-34-18-20-38)33(36-31)40-4/h7-8,10-17,34,37-38H,5-6,9,18-21H2,1-4H3. The molecule has 0 aliphatic carbocycles. The second-order valence-corrected chi connectivity index (χ2v) is 9.77. The van der Waals surface area contributed by atoms with Crippen molar-refractivity contribution >= 4 is 0 Å². The van der Waals surface area contributed by atoms with Crippen LogP contribution < -0.4 is 14.8 Å². The van der Waals surface area contributed by atoms with Gasteiger partial charge in [-0.15, -0.1) is 0 Å². The van der Waals surface area contributed by atoms with Gasteiger partial charge in [0.05, 0.1) is 32.2 Å². The molecule has 210 valence electrons. The highest BCUT2D eigenvalue weighted by atomic mass is 16.5. The molecule has 0 spiro atoms. The van der Waals surface area contributed by atoms with Crippen LogP contribution in [0.25, 0.3) is 33.6 Å². The van der Waals surface area contributed by atoms with Crippen molar-refractivity contribution in [1.29, 1.82) is 0 Å². The van der Waals surface area contributed by atoms with Gasteiger partial charge in [0.1, 0.15) is 0 Å². The molecule has 0 saturated carbocycles. The van der Waals surface area contributed by atoms with E-state index < -0.39 is 0 Å². The highest BCUT2D eigenvalue weighted by Crippen LogP contribution is 2.37. The van der Waals surface area contributed by atoms with Gasteiger partial charge in [0, 0.05) is 42.0 Å².